The normalized spacial score (nSPS) is 24.7. The first-order chi connectivity index (χ1) is 12.5. The van der Waals surface area contributed by atoms with Crippen molar-refractivity contribution in [3.63, 3.8) is 0 Å². The van der Waals surface area contributed by atoms with Gasteiger partial charge in [-0.05, 0) is 44.7 Å². The molecule has 1 N–H and O–H groups in total. The number of hydrogen-bond acceptors (Lipinski definition) is 5. The van der Waals surface area contributed by atoms with E-state index in [2.05, 4.69) is 5.32 Å². The summed E-state index contributed by atoms with van der Waals surface area (Å²) in [6, 6.07) is 6.69. The maximum atomic E-state index is 12.3. The number of hydrogen-bond donors (Lipinski definition) is 1. The van der Waals surface area contributed by atoms with E-state index in [4.69, 9.17) is 4.74 Å². The van der Waals surface area contributed by atoms with Crippen molar-refractivity contribution < 1.29 is 23.9 Å². The first-order valence-electron chi connectivity index (χ1n) is 9.06. The lowest BCUT2D eigenvalue weighted by atomic mass is 9.67. The number of Topliss-reactive ketones (excluding diaryl/α,β-unsaturated/α-hetero) is 2. The molecule has 2 fully saturated rings. The van der Waals surface area contributed by atoms with Crippen molar-refractivity contribution in [2.45, 2.75) is 39.0 Å². The number of nitrogens with one attached hydrogen (secondary N) is 1. The molecule has 1 amide bonds. The molecule has 2 atom stereocenters. The Hall–Kier alpha value is -2.50. The summed E-state index contributed by atoms with van der Waals surface area (Å²) in [5, 5.41) is 2.61. The van der Waals surface area contributed by atoms with Crippen LogP contribution in [0, 0.1) is 17.8 Å². The number of amides is 1. The molecule has 3 rings (SSSR count). The van der Waals surface area contributed by atoms with Crippen molar-refractivity contribution in [3.8, 4) is 0 Å². The maximum Gasteiger partial charge on any atom is 0.309 e. The molecule has 0 spiro atoms. The molecule has 2 bridgehead atoms. The van der Waals surface area contributed by atoms with E-state index in [1.165, 1.54) is 6.92 Å². The number of rotatable bonds is 5. The van der Waals surface area contributed by atoms with Gasteiger partial charge in [0.25, 0.3) is 5.91 Å². The highest BCUT2D eigenvalue weighted by Crippen LogP contribution is 2.40. The molecule has 6 nitrogen and oxygen atoms in total. The molecule has 0 saturated heterocycles. The van der Waals surface area contributed by atoms with E-state index < -0.39 is 18.5 Å². The highest BCUT2D eigenvalue weighted by molar-refractivity contribution is 6.04. The van der Waals surface area contributed by atoms with Crippen LogP contribution in [0.3, 0.4) is 0 Å². The van der Waals surface area contributed by atoms with Gasteiger partial charge in [0, 0.05) is 17.4 Å². The second kappa shape index (κ2) is 7.81. The minimum atomic E-state index is -0.487. The number of carbonyl (C=O) groups is 4. The van der Waals surface area contributed by atoms with Crippen LogP contribution < -0.4 is 5.32 Å². The van der Waals surface area contributed by atoms with Crippen LogP contribution in [0.5, 0.6) is 0 Å². The molecular formula is C20H23NO5. The molecule has 0 unspecified atom stereocenters. The highest BCUT2D eigenvalue weighted by Gasteiger charge is 2.41. The zero-order chi connectivity index (χ0) is 18.7. The van der Waals surface area contributed by atoms with Crippen LogP contribution in [-0.2, 0) is 19.1 Å². The third kappa shape index (κ3) is 4.00. The van der Waals surface area contributed by atoms with Gasteiger partial charge in [0.05, 0.1) is 11.6 Å². The van der Waals surface area contributed by atoms with E-state index in [-0.39, 0.29) is 23.5 Å². The standard InChI is InChI=1S/C20H23NO5/c1-12(22)16-7-2-3-8-17(16)21-18(23)11-26-20(25)15-9-13-5-4-6-14(10-15)19(13)24/h2-3,7-8,13-15H,4-6,9-11H2,1H3,(H,21,23)/t13-,14-/m1/s1. The Morgan fingerprint density at radius 2 is 1.77 bits per heavy atom. The fourth-order valence-electron chi connectivity index (χ4n) is 4.01. The number of anilines is 1. The fraction of sp³-hybridized carbons (Fsp3) is 0.500. The molecule has 0 aliphatic heterocycles. The van der Waals surface area contributed by atoms with E-state index >= 15 is 0 Å². The Morgan fingerprint density at radius 3 is 2.42 bits per heavy atom. The summed E-state index contributed by atoms with van der Waals surface area (Å²) in [6.07, 6.45) is 3.80. The van der Waals surface area contributed by atoms with Crippen LogP contribution in [0.25, 0.3) is 0 Å². The van der Waals surface area contributed by atoms with Gasteiger partial charge in [-0.3, -0.25) is 19.2 Å². The van der Waals surface area contributed by atoms with E-state index in [1.807, 2.05) is 0 Å². The highest BCUT2D eigenvalue weighted by atomic mass is 16.5. The summed E-state index contributed by atoms with van der Waals surface area (Å²) in [5.41, 5.74) is 0.810. The van der Waals surface area contributed by atoms with Crippen molar-refractivity contribution in [1.29, 1.82) is 0 Å². The van der Waals surface area contributed by atoms with E-state index in [0.717, 1.165) is 19.3 Å². The monoisotopic (exact) mass is 357 g/mol. The lowest BCUT2D eigenvalue weighted by Gasteiger charge is -2.36. The molecule has 6 heteroatoms. The van der Waals surface area contributed by atoms with Gasteiger partial charge in [0.15, 0.2) is 12.4 Å². The summed E-state index contributed by atoms with van der Waals surface area (Å²) in [7, 11) is 0. The number of ether oxygens (including phenoxy) is 1. The Morgan fingerprint density at radius 1 is 1.12 bits per heavy atom. The van der Waals surface area contributed by atoms with Gasteiger partial charge < -0.3 is 10.1 Å². The van der Waals surface area contributed by atoms with Crippen molar-refractivity contribution in [2.75, 3.05) is 11.9 Å². The molecule has 1 aromatic rings. The summed E-state index contributed by atoms with van der Waals surface area (Å²) in [5.74, 6) is -1.13. The van der Waals surface area contributed by atoms with Crippen LogP contribution in [0.15, 0.2) is 24.3 Å². The minimum Gasteiger partial charge on any atom is -0.455 e. The lowest BCUT2D eigenvalue weighted by molar-refractivity contribution is -0.155. The number of esters is 1. The van der Waals surface area contributed by atoms with Crippen molar-refractivity contribution in [3.05, 3.63) is 29.8 Å². The van der Waals surface area contributed by atoms with Crippen molar-refractivity contribution >= 4 is 29.1 Å². The topological polar surface area (TPSA) is 89.5 Å². The molecule has 2 aliphatic rings. The number of benzene rings is 1. The summed E-state index contributed by atoms with van der Waals surface area (Å²) < 4.78 is 5.17. The van der Waals surface area contributed by atoms with Crippen LogP contribution in [-0.4, -0.2) is 30.0 Å². The predicted octanol–water partition coefficient (Wildman–Crippen LogP) is 2.77. The number of carbonyl (C=O) groups excluding carboxylic acids is 4. The number of para-hydroxylation sites is 1. The SMILES string of the molecule is CC(=O)c1ccccc1NC(=O)COC(=O)C1C[C@H]2CCC[C@H](C1)C2=O. The number of fused-ring (bicyclic) bond motifs is 2. The average Bonchev–Trinajstić information content (AvgIpc) is 2.59. The van der Waals surface area contributed by atoms with Crippen molar-refractivity contribution in [2.24, 2.45) is 17.8 Å². The Bertz CT molecular complexity index is 725. The zero-order valence-corrected chi connectivity index (χ0v) is 14.8. The molecule has 2 aliphatic carbocycles. The molecule has 0 radical (unpaired) electrons. The smallest absolute Gasteiger partial charge is 0.309 e. The van der Waals surface area contributed by atoms with Gasteiger partial charge >= 0.3 is 5.97 Å². The molecule has 1 aromatic carbocycles. The predicted molar refractivity (Wildman–Crippen MR) is 94.6 cm³/mol. The molecule has 138 valence electrons. The Labute approximate surface area is 152 Å². The molecule has 0 heterocycles. The molecule has 26 heavy (non-hydrogen) atoms. The van der Waals surface area contributed by atoms with E-state index in [9.17, 15) is 19.2 Å². The third-order valence-electron chi connectivity index (χ3n) is 5.31. The van der Waals surface area contributed by atoms with Crippen LogP contribution >= 0.6 is 0 Å². The Kier molecular flexibility index (Phi) is 5.49. The van der Waals surface area contributed by atoms with Crippen LogP contribution in [0.4, 0.5) is 5.69 Å². The first kappa shape index (κ1) is 18.3. The van der Waals surface area contributed by atoms with Gasteiger partial charge in [-0.1, -0.05) is 18.6 Å². The summed E-state index contributed by atoms with van der Waals surface area (Å²) in [4.78, 5) is 48.0. The van der Waals surface area contributed by atoms with Gasteiger partial charge in [0.1, 0.15) is 5.78 Å². The fourth-order valence-corrected chi connectivity index (χ4v) is 4.01. The van der Waals surface area contributed by atoms with Gasteiger partial charge in [-0.25, -0.2) is 0 Å². The van der Waals surface area contributed by atoms with Gasteiger partial charge in [-0.2, -0.15) is 0 Å². The molecular weight excluding hydrogens is 334 g/mol. The second-order valence-corrected chi connectivity index (χ2v) is 7.15. The van der Waals surface area contributed by atoms with Crippen LogP contribution in [0.2, 0.25) is 0 Å². The quantitative estimate of drug-likeness (QED) is 0.646. The van der Waals surface area contributed by atoms with Gasteiger partial charge in [0.2, 0.25) is 0 Å². The van der Waals surface area contributed by atoms with Gasteiger partial charge in [-0.15, -0.1) is 0 Å². The average molecular weight is 357 g/mol. The second-order valence-electron chi connectivity index (χ2n) is 7.15. The minimum absolute atomic E-state index is 0.0312. The zero-order valence-electron chi connectivity index (χ0n) is 14.8. The first-order valence-corrected chi connectivity index (χ1v) is 9.06. The maximum absolute atomic E-state index is 12.3. The summed E-state index contributed by atoms with van der Waals surface area (Å²) in [6.45, 7) is 1.02. The van der Waals surface area contributed by atoms with E-state index in [1.54, 1.807) is 24.3 Å². The van der Waals surface area contributed by atoms with Crippen molar-refractivity contribution in [1.82, 2.24) is 0 Å². The largest absolute Gasteiger partial charge is 0.455 e. The Balaban J connectivity index is 1.53. The van der Waals surface area contributed by atoms with Crippen LogP contribution in [0.1, 0.15) is 49.4 Å². The molecule has 2 saturated carbocycles. The lowest BCUT2D eigenvalue weighted by Crippen LogP contribution is -2.40. The third-order valence-corrected chi connectivity index (χ3v) is 5.31. The van der Waals surface area contributed by atoms with E-state index in [0.29, 0.717) is 29.9 Å². The number of ketones is 2. The molecule has 0 aromatic heterocycles. The summed E-state index contributed by atoms with van der Waals surface area (Å²) >= 11 is 0.